The van der Waals surface area contributed by atoms with Gasteiger partial charge in [-0.25, -0.2) is 4.79 Å². The van der Waals surface area contributed by atoms with E-state index < -0.39 is 35.7 Å². The average Bonchev–Trinajstić information content (AvgIpc) is 2.52. The Morgan fingerprint density at radius 1 is 1.08 bits per heavy atom. The molecule has 0 aliphatic heterocycles. The van der Waals surface area contributed by atoms with Gasteiger partial charge in [-0.3, -0.25) is 14.4 Å². The van der Waals surface area contributed by atoms with Crippen LogP contribution in [0.25, 0.3) is 0 Å². The molecule has 24 heavy (non-hydrogen) atoms. The molecule has 0 spiro atoms. The third-order valence-electron chi connectivity index (χ3n) is 3.53. The van der Waals surface area contributed by atoms with Crippen LogP contribution in [0.5, 0.6) is 0 Å². The van der Waals surface area contributed by atoms with E-state index in [4.69, 9.17) is 5.73 Å². The molecule has 2 atom stereocenters. The largest absolute Gasteiger partial charge is 0.469 e. The summed E-state index contributed by atoms with van der Waals surface area (Å²) in [5.74, 6) is -2.33. The number of hydrogen-bond donors (Lipinski definition) is 3. The molecule has 0 saturated carbocycles. The highest BCUT2D eigenvalue weighted by Gasteiger charge is 2.26. The highest BCUT2D eigenvalue weighted by molar-refractivity contribution is 5.94. The molecule has 0 unspecified atom stereocenters. The van der Waals surface area contributed by atoms with Crippen molar-refractivity contribution in [1.29, 1.82) is 0 Å². The summed E-state index contributed by atoms with van der Waals surface area (Å²) in [6, 6.07) is -1.58. The normalized spacial score (nSPS) is 12.8. The van der Waals surface area contributed by atoms with Crippen molar-refractivity contribution in [2.24, 2.45) is 11.7 Å². The lowest BCUT2D eigenvalue weighted by Gasteiger charge is -2.18. The van der Waals surface area contributed by atoms with Crippen LogP contribution in [0, 0.1) is 5.92 Å². The highest BCUT2D eigenvalue weighted by Crippen LogP contribution is 2.08. The van der Waals surface area contributed by atoms with E-state index in [9.17, 15) is 19.2 Å². The van der Waals surface area contributed by atoms with Crippen molar-refractivity contribution in [1.82, 2.24) is 10.6 Å². The number of carbonyl (C=O) groups excluding carboxylic acids is 4. The number of nitrogens with one attached hydrogen (secondary N) is 2. The second kappa shape index (κ2) is 12.3. The van der Waals surface area contributed by atoms with Gasteiger partial charge >= 0.3 is 12.0 Å². The van der Waals surface area contributed by atoms with Gasteiger partial charge in [-0.1, -0.05) is 33.1 Å². The Bertz CT molecular complexity index is 439. The number of unbranched alkanes of at least 4 members (excludes halogenated alkanes) is 3. The van der Waals surface area contributed by atoms with Crippen molar-refractivity contribution < 1.29 is 23.9 Å². The van der Waals surface area contributed by atoms with Gasteiger partial charge in [0, 0.05) is 13.0 Å². The maximum absolute atomic E-state index is 12.2. The van der Waals surface area contributed by atoms with Crippen molar-refractivity contribution in [3.63, 3.8) is 0 Å². The first-order valence-electron chi connectivity index (χ1n) is 8.25. The summed E-state index contributed by atoms with van der Waals surface area (Å²) in [6.07, 6.45) is 3.60. The molecular weight excluding hydrogens is 314 g/mol. The predicted molar refractivity (Wildman–Crippen MR) is 89.1 cm³/mol. The lowest BCUT2D eigenvalue weighted by molar-refractivity contribution is -0.146. The Kier molecular flexibility index (Phi) is 11.2. The van der Waals surface area contributed by atoms with Crippen molar-refractivity contribution in [3.8, 4) is 0 Å². The number of carbonyl (C=O) groups is 4. The van der Waals surface area contributed by atoms with Gasteiger partial charge in [0.2, 0.25) is 5.91 Å². The van der Waals surface area contributed by atoms with Gasteiger partial charge in [0.25, 0.3) is 0 Å². The van der Waals surface area contributed by atoms with Crippen molar-refractivity contribution in [3.05, 3.63) is 0 Å². The van der Waals surface area contributed by atoms with Gasteiger partial charge < -0.3 is 21.1 Å². The number of hydrogen-bond acceptors (Lipinski definition) is 5. The molecule has 0 rings (SSSR count). The Labute approximate surface area is 142 Å². The minimum Gasteiger partial charge on any atom is -0.469 e. The van der Waals surface area contributed by atoms with Gasteiger partial charge in [0.15, 0.2) is 5.78 Å². The predicted octanol–water partition coefficient (Wildman–Crippen LogP) is 0.878. The average molecular weight is 343 g/mol. The third-order valence-corrected chi connectivity index (χ3v) is 3.53. The van der Waals surface area contributed by atoms with Crippen LogP contribution in [0.1, 0.15) is 52.4 Å². The quantitative estimate of drug-likeness (QED) is 0.358. The lowest BCUT2D eigenvalue weighted by atomic mass is 9.98. The van der Waals surface area contributed by atoms with Crippen LogP contribution in [0.4, 0.5) is 4.79 Å². The molecule has 0 fully saturated rings. The van der Waals surface area contributed by atoms with Crippen LogP contribution in [0.15, 0.2) is 0 Å². The minimum absolute atomic E-state index is 0.138. The number of Topliss-reactive ketones (excluding diaryl/α,β-unsaturated/α-hetero) is 1. The topological polar surface area (TPSA) is 128 Å². The maximum atomic E-state index is 12.2. The van der Waals surface area contributed by atoms with Crippen LogP contribution >= 0.6 is 0 Å². The fourth-order valence-corrected chi connectivity index (χ4v) is 2.14. The summed E-state index contributed by atoms with van der Waals surface area (Å²) in [6.45, 7) is 4.12. The van der Waals surface area contributed by atoms with Gasteiger partial charge in [-0.05, 0) is 6.42 Å². The molecule has 0 aliphatic rings. The number of esters is 1. The number of rotatable bonds is 12. The van der Waals surface area contributed by atoms with Gasteiger partial charge in [-0.2, -0.15) is 0 Å². The second-order valence-corrected chi connectivity index (χ2v) is 5.78. The van der Waals surface area contributed by atoms with Gasteiger partial charge in [0.05, 0.1) is 25.5 Å². The molecule has 0 aromatic heterocycles. The lowest BCUT2D eigenvalue weighted by Crippen LogP contribution is -2.48. The second-order valence-electron chi connectivity index (χ2n) is 5.78. The molecule has 138 valence electrons. The molecule has 8 nitrogen and oxygen atoms in total. The molecule has 0 bridgehead atoms. The van der Waals surface area contributed by atoms with Crippen LogP contribution in [0.3, 0.4) is 0 Å². The Morgan fingerprint density at radius 3 is 2.29 bits per heavy atom. The molecule has 3 amide bonds. The summed E-state index contributed by atoms with van der Waals surface area (Å²) in [4.78, 5) is 46.5. The first-order chi connectivity index (χ1) is 11.3. The molecule has 0 radical (unpaired) electrons. The number of urea groups is 1. The number of ketones is 1. The van der Waals surface area contributed by atoms with E-state index in [1.807, 2.05) is 0 Å². The van der Waals surface area contributed by atoms with Crippen LogP contribution in [-0.4, -0.2) is 43.4 Å². The van der Waals surface area contributed by atoms with E-state index in [1.54, 1.807) is 6.92 Å². The van der Waals surface area contributed by atoms with Crippen LogP contribution < -0.4 is 16.4 Å². The molecule has 0 aromatic carbocycles. The van der Waals surface area contributed by atoms with E-state index >= 15 is 0 Å². The summed E-state index contributed by atoms with van der Waals surface area (Å²) in [5, 5.41) is 5.09. The number of ether oxygens (including phenoxy) is 1. The standard InChI is InChI=1S/C16H29N3O5/c1-4-5-6-7-8-18-16(23)19-12(10-14(17)21)13(20)9-11(2)15(22)24-3/h11-12H,4-10H2,1-3H3,(H2,17,21)(H2,18,19,23)/t11-,12-/m1/s1. The Balaban J connectivity index is 4.48. The van der Waals surface area contributed by atoms with Crippen molar-refractivity contribution in [2.45, 2.75) is 58.4 Å². The highest BCUT2D eigenvalue weighted by atomic mass is 16.5. The van der Waals surface area contributed by atoms with Gasteiger partial charge in [-0.15, -0.1) is 0 Å². The molecule has 0 saturated heterocycles. The molecular formula is C16H29N3O5. The fourth-order valence-electron chi connectivity index (χ4n) is 2.14. The fraction of sp³-hybridized carbons (Fsp3) is 0.750. The van der Waals surface area contributed by atoms with E-state index in [0.29, 0.717) is 6.54 Å². The van der Waals surface area contributed by atoms with Crippen molar-refractivity contribution >= 4 is 23.7 Å². The summed E-state index contributed by atoms with van der Waals surface area (Å²) >= 11 is 0. The van der Waals surface area contributed by atoms with Crippen LogP contribution in [-0.2, 0) is 19.1 Å². The Hall–Kier alpha value is -2.12. The molecule has 0 heterocycles. The van der Waals surface area contributed by atoms with Crippen molar-refractivity contribution in [2.75, 3.05) is 13.7 Å². The molecule has 4 N–H and O–H groups in total. The van der Waals surface area contributed by atoms with E-state index in [0.717, 1.165) is 25.7 Å². The number of methoxy groups -OCH3 is 1. The number of amides is 3. The van der Waals surface area contributed by atoms with E-state index in [1.165, 1.54) is 7.11 Å². The maximum Gasteiger partial charge on any atom is 0.315 e. The molecule has 0 aliphatic carbocycles. The third kappa shape index (κ3) is 9.81. The zero-order chi connectivity index (χ0) is 18.5. The zero-order valence-corrected chi connectivity index (χ0v) is 14.7. The summed E-state index contributed by atoms with van der Waals surface area (Å²) in [7, 11) is 1.23. The Morgan fingerprint density at radius 2 is 1.75 bits per heavy atom. The number of primary amides is 1. The monoisotopic (exact) mass is 343 g/mol. The first-order valence-corrected chi connectivity index (χ1v) is 8.25. The molecule has 0 aromatic rings. The first kappa shape index (κ1) is 21.9. The summed E-state index contributed by atoms with van der Waals surface area (Å²) in [5.41, 5.74) is 5.12. The zero-order valence-electron chi connectivity index (χ0n) is 14.7. The SMILES string of the molecule is CCCCCCNC(=O)N[C@H](CC(N)=O)C(=O)C[C@@H](C)C(=O)OC. The number of nitrogens with two attached hydrogens (primary N) is 1. The van der Waals surface area contributed by atoms with Gasteiger partial charge in [0.1, 0.15) is 0 Å². The van der Waals surface area contributed by atoms with E-state index in [2.05, 4.69) is 22.3 Å². The van der Waals surface area contributed by atoms with E-state index in [-0.39, 0.29) is 12.8 Å². The minimum atomic E-state index is -1.05. The smallest absolute Gasteiger partial charge is 0.315 e. The summed E-state index contributed by atoms with van der Waals surface area (Å²) < 4.78 is 4.56. The van der Waals surface area contributed by atoms with Crippen LogP contribution in [0.2, 0.25) is 0 Å². The molecule has 8 heteroatoms.